The molecule has 0 saturated heterocycles. The molecular weight excluding hydrogens is 330 g/mol. The summed E-state index contributed by atoms with van der Waals surface area (Å²) in [6.45, 7) is 4.06. The standard InChI is InChI=1S/C21H21NO2S/c1-15-6-10-20(11-7-15)25(23,24)22-13-12-18-9-8-17-4-3-5-19(17)14-16(2)21(18)22/h3,5-13,16H,4,14H2,1-2H3. The van der Waals surface area contributed by atoms with E-state index < -0.39 is 10.0 Å². The zero-order valence-corrected chi connectivity index (χ0v) is 15.3. The summed E-state index contributed by atoms with van der Waals surface area (Å²) in [4.78, 5) is 0.329. The first-order valence-electron chi connectivity index (χ1n) is 8.57. The van der Waals surface area contributed by atoms with E-state index in [0.29, 0.717) is 4.90 Å². The molecule has 128 valence electrons. The molecule has 4 heteroatoms. The van der Waals surface area contributed by atoms with Crippen molar-refractivity contribution < 1.29 is 8.42 Å². The molecule has 4 rings (SSSR count). The van der Waals surface area contributed by atoms with Gasteiger partial charge in [0.05, 0.1) is 4.90 Å². The van der Waals surface area contributed by atoms with Gasteiger partial charge in [-0.05, 0) is 54.7 Å². The van der Waals surface area contributed by atoms with E-state index in [2.05, 4.69) is 31.2 Å². The summed E-state index contributed by atoms with van der Waals surface area (Å²) >= 11 is 0. The molecule has 1 unspecified atom stereocenters. The van der Waals surface area contributed by atoms with Crippen molar-refractivity contribution in [3.05, 3.63) is 82.7 Å². The summed E-state index contributed by atoms with van der Waals surface area (Å²) in [5.74, 6) is 0.128. The summed E-state index contributed by atoms with van der Waals surface area (Å²) in [5.41, 5.74) is 5.55. The first kappa shape index (κ1) is 16.2. The van der Waals surface area contributed by atoms with Crippen LogP contribution >= 0.6 is 0 Å². The molecule has 1 atom stereocenters. The normalized spacial score (nSPS) is 19.5. The Morgan fingerprint density at radius 2 is 1.76 bits per heavy atom. The lowest BCUT2D eigenvalue weighted by Gasteiger charge is -2.20. The smallest absolute Gasteiger partial charge is 0.245 e. The average Bonchev–Trinajstić information content (AvgIpc) is 3.18. The van der Waals surface area contributed by atoms with E-state index in [9.17, 15) is 8.42 Å². The van der Waals surface area contributed by atoms with E-state index >= 15 is 0 Å². The Labute approximate surface area is 149 Å². The fourth-order valence-electron chi connectivity index (χ4n) is 3.67. The van der Waals surface area contributed by atoms with Crippen molar-refractivity contribution in [2.75, 3.05) is 0 Å². The third-order valence-electron chi connectivity index (χ3n) is 5.03. The Hall–Kier alpha value is -2.33. The summed E-state index contributed by atoms with van der Waals surface area (Å²) in [6.07, 6.45) is 12.0. The third-order valence-corrected chi connectivity index (χ3v) is 6.73. The van der Waals surface area contributed by atoms with Crippen LogP contribution in [0, 0.1) is 6.92 Å². The minimum absolute atomic E-state index is 0.128. The van der Waals surface area contributed by atoms with E-state index in [1.54, 1.807) is 18.3 Å². The van der Waals surface area contributed by atoms with Gasteiger partial charge in [-0.2, -0.15) is 0 Å². The van der Waals surface area contributed by atoms with E-state index in [0.717, 1.165) is 29.7 Å². The van der Waals surface area contributed by atoms with Crippen molar-refractivity contribution in [2.45, 2.75) is 37.5 Å². The van der Waals surface area contributed by atoms with Gasteiger partial charge in [-0.1, -0.05) is 48.9 Å². The van der Waals surface area contributed by atoms with E-state index in [-0.39, 0.29) is 5.92 Å². The van der Waals surface area contributed by atoms with Crippen LogP contribution in [0.15, 0.2) is 70.8 Å². The van der Waals surface area contributed by atoms with Gasteiger partial charge in [-0.15, -0.1) is 0 Å². The van der Waals surface area contributed by atoms with Gasteiger partial charge in [-0.25, -0.2) is 12.4 Å². The van der Waals surface area contributed by atoms with Crippen LogP contribution in [0.2, 0.25) is 0 Å². The second-order valence-electron chi connectivity index (χ2n) is 6.87. The Bertz CT molecular complexity index is 1020. The minimum Gasteiger partial charge on any atom is -0.245 e. The number of hydrogen-bond acceptors (Lipinski definition) is 2. The second-order valence-corrected chi connectivity index (χ2v) is 8.68. The maximum Gasteiger partial charge on any atom is 0.267 e. The zero-order valence-electron chi connectivity index (χ0n) is 14.4. The zero-order chi connectivity index (χ0) is 17.6. The lowest BCUT2D eigenvalue weighted by Crippen LogP contribution is -2.17. The predicted molar refractivity (Wildman–Crippen MR) is 101 cm³/mol. The Morgan fingerprint density at radius 1 is 1.00 bits per heavy atom. The molecule has 0 saturated carbocycles. The molecule has 2 aromatic rings. The van der Waals surface area contributed by atoms with E-state index in [4.69, 9.17) is 0 Å². The summed E-state index contributed by atoms with van der Waals surface area (Å²) in [5, 5.41) is 0. The first-order valence-corrected chi connectivity index (χ1v) is 10.0. The molecule has 0 fully saturated rings. The quantitative estimate of drug-likeness (QED) is 0.779. The Kier molecular flexibility index (Phi) is 3.80. The Balaban J connectivity index is 1.82. The third kappa shape index (κ3) is 2.71. The van der Waals surface area contributed by atoms with Crippen LogP contribution in [0.4, 0.5) is 0 Å². The molecule has 0 radical (unpaired) electrons. The molecule has 0 amide bonds. The summed E-state index contributed by atoms with van der Waals surface area (Å²) < 4.78 is 27.8. The van der Waals surface area contributed by atoms with Gasteiger partial charge in [-0.3, -0.25) is 0 Å². The SMILES string of the molecule is Cc1ccc(S(=O)(=O)n2ccc3c2C(C)CC2=C(C=C3)CC=C2)cc1. The van der Waals surface area contributed by atoms with Crippen LogP contribution in [0.1, 0.15) is 42.5 Å². The highest BCUT2D eigenvalue weighted by molar-refractivity contribution is 7.90. The number of fused-ring (bicyclic) bond motifs is 1. The molecule has 1 aromatic heterocycles. The maximum absolute atomic E-state index is 13.2. The number of rotatable bonds is 2. The molecule has 1 heterocycles. The molecule has 0 N–H and O–H groups in total. The van der Waals surface area contributed by atoms with Crippen LogP contribution in [-0.2, 0) is 10.0 Å². The van der Waals surface area contributed by atoms with Gasteiger partial charge < -0.3 is 0 Å². The molecule has 25 heavy (non-hydrogen) atoms. The van der Waals surface area contributed by atoms with Crippen LogP contribution < -0.4 is 0 Å². The van der Waals surface area contributed by atoms with Crippen LogP contribution in [0.3, 0.4) is 0 Å². The van der Waals surface area contributed by atoms with Gasteiger partial charge in [0.1, 0.15) is 0 Å². The van der Waals surface area contributed by atoms with Crippen LogP contribution in [0.5, 0.6) is 0 Å². The predicted octanol–water partition coefficient (Wildman–Crippen LogP) is 4.81. The van der Waals surface area contributed by atoms with Gasteiger partial charge >= 0.3 is 0 Å². The largest absolute Gasteiger partial charge is 0.267 e. The van der Waals surface area contributed by atoms with E-state index in [1.165, 1.54) is 15.1 Å². The number of nitrogens with zero attached hydrogens (tertiary/aromatic N) is 1. The van der Waals surface area contributed by atoms with Crippen molar-refractivity contribution in [3.63, 3.8) is 0 Å². The lowest BCUT2D eigenvalue weighted by molar-refractivity contribution is 0.581. The highest BCUT2D eigenvalue weighted by Crippen LogP contribution is 2.36. The minimum atomic E-state index is -3.59. The van der Waals surface area contributed by atoms with Crippen LogP contribution in [0.25, 0.3) is 6.08 Å². The fraction of sp³-hybridized carbons (Fsp3) is 0.238. The number of aryl methyl sites for hydroxylation is 1. The number of aromatic nitrogens is 1. The van der Waals surface area contributed by atoms with Crippen molar-refractivity contribution in [3.8, 4) is 0 Å². The van der Waals surface area contributed by atoms with Gasteiger partial charge in [0, 0.05) is 17.8 Å². The molecule has 0 aliphatic heterocycles. The highest BCUT2D eigenvalue weighted by Gasteiger charge is 2.26. The van der Waals surface area contributed by atoms with Gasteiger partial charge in [0.2, 0.25) is 0 Å². The van der Waals surface area contributed by atoms with Crippen molar-refractivity contribution in [1.82, 2.24) is 3.97 Å². The molecule has 1 aromatic carbocycles. The van der Waals surface area contributed by atoms with E-state index in [1.807, 2.05) is 25.1 Å². The van der Waals surface area contributed by atoms with Gasteiger partial charge in [0.15, 0.2) is 0 Å². The van der Waals surface area contributed by atoms with Crippen LogP contribution in [-0.4, -0.2) is 12.4 Å². The number of hydrogen-bond donors (Lipinski definition) is 0. The monoisotopic (exact) mass is 351 g/mol. The first-order chi connectivity index (χ1) is 12.0. The average molecular weight is 351 g/mol. The van der Waals surface area contributed by atoms with Gasteiger partial charge in [0.25, 0.3) is 10.0 Å². The number of allylic oxidation sites excluding steroid dienone is 5. The molecule has 3 nitrogen and oxygen atoms in total. The highest BCUT2D eigenvalue weighted by atomic mass is 32.2. The van der Waals surface area contributed by atoms with Crippen molar-refractivity contribution in [2.24, 2.45) is 0 Å². The molecule has 2 aliphatic carbocycles. The molecule has 0 bridgehead atoms. The molecule has 0 spiro atoms. The summed E-state index contributed by atoms with van der Waals surface area (Å²) in [7, 11) is -3.59. The maximum atomic E-state index is 13.2. The lowest BCUT2D eigenvalue weighted by atomic mass is 9.91. The summed E-state index contributed by atoms with van der Waals surface area (Å²) in [6, 6.07) is 8.94. The fourth-order valence-corrected chi connectivity index (χ4v) is 5.15. The van der Waals surface area contributed by atoms with Crippen molar-refractivity contribution in [1.29, 1.82) is 0 Å². The Morgan fingerprint density at radius 3 is 2.52 bits per heavy atom. The molecular formula is C21H21NO2S. The van der Waals surface area contributed by atoms with Crippen molar-refractivity contribution >= 4 is 16.1 Å². The number of benzene rings is 1. The topological polar surface area (TPSA) is 39.1 Å². The second kappa shape index (κ2) is 5.88. The molecule has 2 aliphatic rings.